The van der Waals surface area contributed by atoms with Gasteiger partial charge >= 0.3 is 6.18 Å². The Morgan fingerprint density at radius 2 is 1.95 bits per heavy atom. The van der Waals surface area contributed by atoms with E-state index in [1.807, 2.05) is 19.9 Å². The molecule has 1 heterocycles. The molecule has 0 spiro atoms. The van der Waals surface area contributed by atoms with Gasteiger partial charge in [-0.25, -0.2) is 0 Å². The smallest absolute Gasteiger partial charge is 0.327 e. The van der Waals surface area contributed by atoms with Gasteiger partial charge in [-0.1, -0.05) is 25.3 Å². The van der Waals surface area contributed by atoms with Crippen LogP contribution in [-0.4, -0.2) is 29.6 Å². The number of carbonyl (C=O) groups excluding carboxylic acids is 1. The fourth-order valence-electron chi connectivity index (χ4n) is 3.29. The molecule has 0 aromatic heterocycles. The molecule has 2 rings (SSSR count). The molecule has 1 amide bonds. The van der Waals surface area contributed by atoms with Crippen molar-refractivity contribution in [2.45, 2.75) is 46.3 Å². The first-order chi connectivity index (χ1) is 10.1. The molecule has 0 saturated carbocycles. The zero-order chi connectivity index (χ0) is 16.7. The molecule has 1 fully saturated rings. The lowest BCUT2D eigenvalue weighted by Gasteiger charge is -2.40. The zero-order valence-corrected chi connectivity index (χ0v) is 13.2. The summed E-state index contributed by atoms with van der Waals surface area (Å²) in [7, 11) is 0. The Morgan fingerprint density at radius 3 is 2.50 bits per heavy atom. The molecular formula is C17H20F3NO. The van der Waals surface area contributed by atoms with Crippen molar-refractivity contribution >= 4 is 5.91 Å². The maximum absolute atomic E-state index is 12.8. The zero-order valence-electron chi connectivity index (χ0n) is 13.2. The molecular weight excluding hydrogens is 291 g/mol. The van der Waals surface area contributed by atoms with Gasteiger partial charge in [0.05, 0.1) is 6.04 Å². The summed E-state index contributed by atoms with van der Waals surface area (Å²) in [6.07, 6.45) is -2.03. The number of nitrogens with zero attached hydrogens (tertiary/aromatic N) is 1. The lowest BCUT2D eigenvalue weighted by Crippen LogP contribution is -2.51. The third kappa shape index (κ3) is 3.21. The average Bonchev–Trinajstić information content (AvgIpc) is 2.39. The van der Waals surface area contributed by atoms with Crippen LogP contribution in [0.1, 0.15) is 34.1 Å². The van der Waals surface area contributed by atoms with Crippen LogP contribution >= 0.6 is 0 Å². The molecule has 1 aliphatic heterocycles. The molecule has 0 aromatic carbocycles. The standard InChI is InChI=1S/C17H20F3NO/c1-10-6-5-7-11(2)15(10)14-8-12(3)16(22)21(13(14)4)9-17(18,19)20/h6,10,12-13H,8-9H2,1-4H3/b15-14+/t10?,12-,13+/m0/s1. The molecule has 5 heteroatoms. The summed E-state index contributed by atoms with van der Waals surface area (Å²) in [5.74, 6) is -0.784. The Bertz CT molecular complexity index is 616. The van der Waals surface area contributed by atoms with Gasteiger partial charge in [0, 0.05) is 17.4 Å². The number of halogens is 3. The van der Waals surface area contributed by atoms with Crippen LogP contribution in [-0.2, 0) is 4.79 Å². The summed E-state index contributed by atoms with van der Waals surface area (Å²) < 4.78 is 38.4. The third-order valence-electron chi connectivity index (χ3n) is 4.35. The highest BCUT2D eigenvalue weighted by molar-refractivity contribution is 5.81. The van der Waals surface area contributed by atoms with Crippen LogP contribution in [0.15, 0.2) is 34.3 Å². The van der Waals surface area contributed by atoms with Crippen molar-refractivity contribution in [3.05, 3.63) is 34.3 Å². The molecule has 3 atom stereocenters. The first-order valence-electron chi connectivity index (χ1n) is 7.40. The Kier molecular flexibility index (Phi) is 4.42. The van der Waals surface area contributed by atoms with Crippen molar-refractivity contribution in [3.63, 3.8) is 0 Å². The quantitative estimate of drug-likeness (QED) is 0.670. The predicted octanol–water partition coefficient (Wildman–Crippen LogP) is 4.01. The van der Waals surface area contributed by atoms with E-state index in [1.165, 1.54) is 0 Å². The first kappa shape index (κ1) is 16.7. The lowest BCUT2D eigenvalue weighted by molar-refractivity contribution is -0.168. The summed E-state index contributed by atoms with van der Waals surface area (Å²) in [6, 6.07) is -0.550. The largest absolute Gasteiger partial charge is 0.406 e. The number of likely N-dealkylation sites (tertiary alicyclic amines) is 1. The summed E-state index contributed by atoms with van der Waals surface area (Å²) >= 11 is 0. The number of amides is 1. The fraction of sp³-hybridized carbons (Fsp3) is 0.588. The van der Waals surface area contributed by atoms with E-state index < -0.39 is 30.6 Å². The van der Waals surface area contributed by atoms with E-state index in [9.17, 15) is 18.0 Å². The van der Waals surface area contributed by atoms with Gasteiger partial charge in [-0.3, -0.25) is 4.79 Å². The van der Waals surface area contributed by atoms with E-state index >= 15 is 0 Å². The van der Waals surface area contributed by atoms with Gasteiger partial charge in [0.25, 0.3) is 0 Å². The van der Waals surface area contributed by atoms with Gasteiger partial charge in [-0.05, 0) is 37.5 Å². The molecule has 1 saturated heterocycles. The molecule has 0 N–H and O–H groups in total. The minimum atomic E-state index is -4.39. The summed E-state index contributed by atoms with van der Waals surface area (Å²) in [5, 5.41) is 0. The molecule has 0 aromatic rings. The van der Waals surface area contributed by atoms with Crippen molar-refractivity contribution < 1.29 is 18.0 Å². The van der Waals surface area contributed by atoms with Gasteiger partial charge in [0.2, 0.25) is 5.91 Å². The predicted molar refractivity (Wildman–Crippen MR) is 78.0 cm³/mol. The van der Waals surface area contributed by atoms with Crippen LogP contribution < -0.4 is 0 Å². The highest BCUT2D eigenvalue weighted by Crippen LogP contribution is 2.37. The van der Waals surface area contributed by atoms with E-state index in [2.05, 4.69) is 11.5 Å². The molecule has 2 nitrogen and oxygen atoms in total. The topological polar surface area (TPSA) is 20.3 Å². The number of hydrogen-bond acceptors (Lipinski definition) is 1. The number of carbonyl (C=O) groups is 1. The SMILES string of the molecule is CC1=C=C=CC(C)/C1=C1/C[C@H](C)C(=O)N(CC(F)(F)F)[C@@H]1C. The summed E-state index contributed by atoms with van der Waals surface area (Å²) in [4.78, 5) is 13.1. The van der Waals surface area contributed by atoms with Crippen LogP contribution in [0, 0.1) is 11.8 Å². The number of piperidine rings is 1. The van der Waals surface area contributed by atoms with E-state index in [4.69, 9.17) is 0 Å². The van der Waals surface area contributed by atoms with Crippen molar-refractivity contribution in [1.82, 2.24) is 4.90 Å². The van der Waals surface area contributed by atoms with Gasteiger partial charge in [0.1, 0.15) is 6.54 Å². The van der Waals surface area contributed by atoms with Crippen LogP contribution in [0.4, 0.5) is 13.2 Å². The summed E-state index contributed by atoms with van der Waals surface area (Å²) in [6.45, 7) is 6.05. The monoisotopic (exact) mass is 311 g/mol. The number of alkyl halides is 3. The minimum absolute atomic E-state index is 0.0758. The van der Waals surface area contributed by atoms with Gasteiger partial charge in [-0.2, -0.15) is 13.2 Å². The van der Waals surface area contributed by atoms with Crippen molar-refractivity contribution in [1.29, 1.82) is 0 Å². The highest BCUT2D eigenvalue weighted by atomic mass is 19.4. The summed E-state index contributed by atoms with van der Waals surface area (Å²) in [5.41, 5.74) is 8.73. The van der Waals surface area contributed by atoms with E-state index in [-0.39, 0.29) is 5.92 Å². The maximum atomic E-state index is 12.8. The highest BCUT2D eigenvalue weighted by Gasteiger charge is 2.41. The Balaban J connectivity index is 2.46. The molecule has 120 valence electrons. The van der Waals surface area contributed by atoms with E-state index in [1.54, 1.807) is 13.8 Å². The number of hydrogen-bond donors (Lipinski definition) is 0. The van der Waals surface area contributed by atoms with Crippen LogP contribution in [0.25, 0.3) is 0 Å². The van der Waals surface area contributed by atoms with Crippen LogP contribution in [0.3, 0.4) is 0 Å². The Hall–Kier alpha value is -1.70. The molecule has 2 aliphatic rings. The van der Waals surface area contributed by atoms with Crippen LogP contribution in [0.2, 0.25) is 0 Å². The molecule has 0 bridgehead atoms. The minimum Gasteiger partial charge on any atom is -0.327 e. The fourth-order valence-corrected chi connectivity index (χ4v) is 3.29. The average molecular weight is 311 g/mol. The van der Waals surface area contributed by atoms with Gasteiger partial charge < -0.3 is 4.90 Å². The first-order valence-corrected chi connectivity index (χ1v) is 7.40. The van der Waals surface area contributed by atoms with Gasteiger partial charge in [0.15, 0.2) is 0 Å². The normalized spacial score (nSPS) is 32.5. The number of rotatable bonds is 1. The molecule has 0 radical (unpaired) electrons. The van der Waals surface area contributed by atoms with Crippen molar-refractivity contribution in [2.75, 3.05) is 6.54 Å². The molecule has 1 unspecified atom stereocenters. The van der Waals surface area contributed by atoms with Crippen LogP contribution in [0.5, 0.6) is 0 Å². The Labute approximate surface area is 128 Å². The second kappa shape index (κ2) is 5.83. The second-order valence-corrected chi connectivity index (χ2v) is 6.15. The molecule has 22 heavy (non-hydrogen) atoms. The maximum Gasteiger partial charge on any atom is 0.406 e. The second-order valence-electron chi connectivity index (χ2n) is 6.15. The Morgan fingerprint density at radius 1 is 1.32 bits per heavy atom. The molecule has 1 aliphatic carbocycles. The van der Waals surface area contributed by atoms with Crippen molar-refractivity contribution in [2.24, 2.45) is 11.8 Å². The third-order valence-corrected chi connectivity index (χ3v) is 4.35. The van der Waals surface area contributed by atoms with Gasteiger partial charge in [-0.15, -0.1) is 0 Å². The van der Waals surface area contributed by atoms with E-state index in [0.29, 0.717) is 6.42 Å². The lowest BCUT2D eigenvalue weighted by atomic mass is 9.79. The van der Waals surface area contributed by atoms with E-state index in [0.717, 1.165) is 21.6 Å². The van der Waals surface area contributed by atoms with Crippen molar-refractivity contribution in [3.8, 4) is 0 Å². The number of allylic oxidation sites excluding steroid dienone is 3.